The third kappa shape index (κ3) is 5.68. The highest BCUT2D eigenvalue weighted by Crippen LogP contribution is 2.31. The van der Waals surface area contributed by atoms with Crippen molar-refractivity contribution < 1.29 is 14.3 Å². The van der Waals surface area contributed by atoms with Crippen LogP contribution < -0.4 is 10.1 Å². The largest absolute Gasteiger partial charge is 0.494 e. The first-order chi connectivity index (χ1) is 14.4. The molecule has 1 fully saturated rings. The van der Waals surface area contributed by atoms with E-state index in [2.05, 4.69) is 10.3 Å². The average Bonchev–Trinajstić information content (AvgIpc) is 2.68. The Kier molecular flexibility index (Phi) is 7.64. The third-order valence-corrected chi connectivity index (χ3v) is 5.88. The highest BCUT2D eigenvalue weighted by atomic mass is 35.5. The van der Waals surface area contributed by atoms with Crippen LogP contribution in [0.1, 0.15) is 20.3 Å². The molecule has 1 unspecified atom stereocenters. The van der Waals surface area contributed by atoms with E-state index in [4.69, 9.17) is 27.9 Å². The molecule has 1 saturated heterocycles. The Bertz CT molecular complexity index is 946. The lowest BCUT2D eigenvalue weighted by Crippen LogP contribution is -2.45. The van der Waals surface area contributed by atoms with Crippen LogP contribution in [0.15, 0.2) is 47.5 Å². The first-order valence-corrected chi connectivity index (χ1v) is 11.1. The van der Waals surface area contributed by atoms with E-state index in [9.17, 15) is 9.59 Å². The molecule has 2 aromatic carbocycles. The van der Waals surface area contributed by atoms with Gasteiger partial charge < -0.3 is 10.1 Å². The normalized spacial score (nSPS) is 17.9. The number of halogens is 2. The summed E-state index contributed by atoms with van der Waals surface area (Å²) in [6.07, 6.45) is 0.0843. The Labute approximate surface area is 189 Å². The van der Waals surface area contributed by atoms with Crippen molar-refractivity contribution in [3.8, 4) is 5.75 Å². The van der Waals surface area contributed by atoms with E-state index in [0.29, 0.717) is 39.7 Å². The molecule has 6 nitrogen and oxygen atoms in total. The number of hydrogen-bond acceptors (Lipinski definition) is 5. The second-order valence-electron chi connectivity index (χ2n) is 6.42. The van der Waals surface area contributed by atoms with E-state index in [1.165, 1.54) is 11.8 Å². The highest BCUT2D eigenvalue weighted by Gasteiger charge is 2.35. The topological polar surface area (TPSA) is 71.0 Å². The molecule has 1 N–H and O–H groups in total. The Morgan fingerprint density at radius 3 is 2.47 bits per heavy atom. The number of hydrogen-bond donors (Lipinski definition) is 1. The Morgan fingerprint density at radius 2 is 1.87 bits per heavy atom. The zero-order valence-electron chi connectivity index (χ0n) is 16.5. The van der Waals surface area contributed by atoms with Crippen LogP contribution in [0, 0.1) is 0 Å². The number of carbonyl (C=O) groups is 2. The second kappa shape index (κ2) is 10.2. The predicted molar refractivity (Wildman–Crippen MR) is 123 cm³/mol. The monoisotopic (exact) mass is 465 g/mol. The molecule has 1 aliphatic heterocycles. The van der Waals surface area contributed by atoms with Gasteiger partial charge in [0.25, 0.3) is 0 Å². The van der Waals surface area contributed by atoms with Gasteiger partial charge >= 0.3 is 0 Å². The number of amidine groups is 1. The van der Waals surface area contributed by atoms with Gasteiger partial charge in [0, 0.05) is 28.7 Å². The number of benzene rings is 2. The standard InChI is InChI=1S/C21H21Cl2N3O3S/c1-3-26-19(27)12-18(20(28)24-16-10-13(22)9-14(23)11-16)30-21(26)25-15-5-7-17(8-6-15)29-4-2/h5-11,18H,3-4,12H2,1-2H3,(H,24,28). The SMILES string of the molecule is CCOc1ccc(N=C2SC(C(=O)Nc3cc(Cl)cc(Cl)c3)CC(=O)N2CC)cc1. The number of thioether (sulfide) groups is 1. The maximum atomic E-state index is 12.8. The molecule has 0 radical (unpaired) electrons. The molecule has 1 atom stereocenters. The van der Waals surface area contributed by atoms with Crippen molar-refractivity contribution in [2.45, 2.75) is 25.5 Å². The van der Waals surface area contributed by atoms with Crippen LogP contribution in [0.3, 0.4) is 0 Å². The Morgan fingerprint density at radius 1 is 1.20 bits per heavy atom. The fourth-order valence-corrected chi connectivity index (χ4v) is 4.58. The van der Waals surface area contributed by atoms with Crippen LogP contribution in [0.4, 0.5) is 11.4 Å². The number of nitrogens with one attached hydrogen (secondary N) is 1. The molecule has 3 rings (SSSR count). The molecule has 0 bridgehead atoms. The molecular weight excluding hydrogens is 445 g/mol. The quantitative estimate of drug-likeness (QED) is 0.621. The zero-order chi connectivity index (χ0) is 21.7. The van der Waals surface area contributed by atoms with Gasteiger partial charge in [-0.2, -0.15) is 0 Å². The van der Waals surface area contributed by atoms with Gasteiger partial charge in [0.1, 0.15) is 11.0 Å². The van der Waals surface area contributed by atoms with Gasteiger partial charge in [-0.15, -0.1) is 0 Å². The molecular formula is C21H21Cl2N3O3S. The van der Waals surface area contributed by atoms with Crippen molar-refractivity contribution in [2.24, 2.45) is 4.99 Å². The number of anilines is 1. The fraction of sp³-hybridized carbons (Fsp3) is 0.286. The molecule has 30 heavy (non-hydrogen) atoms. The lowest BCUT2D eigenvalue weighted by Gasteiger charge is -2.31. The molecule has 1 aliphatic rings. The maximum absolute atomic E-state index is 12.8. The van der Waals surface area contributed by atoms with Crippen molar-refractivity contribution in [3.63, 3.8) is 0 Å². The van der Waals surface area contributed by atoms with Gasteiger partial charge in [-0.05, 0) is 56.3 Å². The molecule has 2 amide bonds. The third-order valence-electron chi connectivity index (χ3n) is 4.25. The van der Waals surface area contributed by atoms with Gasteiger partial charge in [0.05, 0.1) is 12.3 Å². The van der Waals surface area contributed by atoms with Crippen LogP contribution in [-0.4, -0.2) is 40.3 Å². The Hall–Kier alpha value is -2.22. The van der Waals surface area contributed by atoms with Crippen LogP contribution in [0.5, 0.6) is 5.75 Å². The zero-order valence-corrected chi connectivity index (χ0v) is 18.9. The van der Waals surface area contributed by atoms with Crippen molar-refractivity contribution in [1.82, 2.24) is 4.90 Å². The number of rotatable bonds is 6. The number of nitrogens with zero attached hydrogens (tertiary/aromatic N) is 2. The van der Waals surface area contributed by atoms with E-state index in [-0.39, 0.29) is 18.2 Å². The average molecular weight is 466 g/mol. The van der Waals surface area contributed by atoms with Gasteiger partial charge in [-0.25, -0.2) is 4.99 Å². The summed E-state index contributed by atoms with van der Waals surface area (Å²) in [5, 5.41) is 3.49. The van der Waals surface area contributed by atoms with E-state index in [0.717, 1.165) is 5.75 Å². The summed E-state index contributed by atoms with van der Waals surface area (Å²) >= 11 is 13.2. The number of ether oxygens (including phenoxy) is 1. The lowest BCUT2D eigenvalue weighted by atomic mass is 10.2. The minimum Gasteiger partial charge on any atom is -0.494 e. The fourth-order valence-electron chi connectivity index (χ4n) is 2.90. The molecule has 0 spiro atoms. The number of amides is 2. The van der Waals surface area contributed by atoms with Gasteiger partial charge in [-0.1, -0.05) is 35.0 Å². The number of carbonyl (C=O) groups excluding carboxylic acids is 2. The summed E-state index contributed by atoms with van der Waals surface area (Å²) in [7, 11) is 0. The van der Waals surface area contributed by atoms with Crippen molar-refractivity contribution >= 4 is 63.3 Å². The molecule has 1 heterocycles. The first kappa shape index (κ1) is 22.5. The molecule has 2 aromatic rings. The van der Waals surface area contributed by atoms with Crippen molar-refractivity contribution in [3.05, 3.63) is 52.5 Å². The van der Waals surface area contributed by atoms with Crippen LogP contribution in [0.25, 0.3) is 0 Å². The van der Waals surface area contributed by atoms with Crippen LogP contribution >= 0.6 is 35.0 Å². The molecule has 0 aliphatic carbocycles. The smallest absolute Gasteiger partial charge is 0.238 e. The predicted octanol–water partition coefficient (Wildman–Crippen LogP) is 5.37. The molecule has 0 saturated carbocycles. The van der Waals surface area contributed by atoms with Crippen molar-refractivity contribution in [2.75, 3.05) is 18.5 Å². The van der Waals surface area contributed by atoms with E-state index < -0.39 is 5.25 Å². The lowest BCUT2D eigenvalue weighted by molar-refractivity contribution is -0.129. The Balaban J connectivity index is 1.79. The summed E-state index contributed by atoms with van der Waals surface area (Å²) in [5.41, 5.74) is 1.16. The number of aliphatic imine (C=N–C) groups is 1. The minimum atomic E-state index is -0.612. The van der Waals surface area contributed by atoms with Gasteiger partial charge in [-0.3, -0.25) is 14.5 Å². The van der Waals surface area contributed by atoms with E-state index in [1.54, 1.807) is 23.1 Å². The summed E-state index contributed by atoms with van der Waals surface area (Å²) in [4.78, 5) is 31.6. The molecule has 158 valence electrons. The van der Waals surface area contributed by atoms with Crippen LogP contribution in [0.2, 0.25) is 10.0 Å². The summed E-state index contributed by atoms with van der Waals surface area (Å²) in [6.45, 7) is 4.84. The second-order valence-corrected chi connectivity index (χ2v) is 8.46. The highest BCUT2D eigenvalue weighted by molar-refractivity contribution is 8.15. The van der Waals surface area contributed by atoms with E-state index in [1.807, 2.05) is 38.1 Å². The summed E-state index contributed by atoms with van der Waals surface area (Å²) in [6, 6.07) is 12.1. The van der Waals surface area contributed by atoms with Gasteiger partial charge in [0.2, 0.25) is 11.8 Å². The maximum Gasteiger partial charge on any atom is 0.238 e. The van der Waals surface area contributed by atoms with E-state index >= 15 is 0 Å². The van der Waals surface area contributed by atoms with Gasteiger partial charge in [0.15, 0.2) is 5.17 Å². The first-order valence-electron chi connectivity index (χ1n) is 9.45. The van der Waals surface area contributed by atoms with Crippen molar-refractivity contribution in [1.29, 1.82) is 0 Å². The molecule has 0 aromatic heterocycles. The summed E-state index contributed by atoms with van der Waals surface area (Å²) in [5.74, 6) is 0.297. The van der Waals surface area contributed by atoms with Crippen LogP contribution in [-0.2, 0) is 9.59 Å². The summed E-state index contributed by atoms with van der Waals surface area (Å²) < 4.78 is 5.44. The minimum absolute atomic E-state index is 0.0843. The molecule has 9 heteroatoms.